The van der Waals surface area contributed by atoms with Crippen molar-refractivity contribution >= 4 is 44.2 Å². The molecule has 1 N–H and O–H groups in total. The van der Waals surface area contributed by atoms with Crippen LogP contribution in [0.1, 0.15) is 5.56 Å². The average molecular weight is 485 g/mol. The highest BCUT2D eigenvalue weighted by molar-refractivity contribution is 7.90. The molecule has 4 rings (SSSR count). The van der Waals surface area contributed by atoms with E-state index in [-0.39, 0.29) is 43.7 Å². The minimum Gasteiger partial charge on any atom is -0.450 e. The number of nitro groups is 1. The van der Waals surface area contributed by atoms with Gasteiger partial charge in [0.25, 0.3) is 10.0 Å². The lowest BCUT2D eigenvalue weighted by atomic mass is 10.2. The number of nitrogens with one attached hydrogen (secondary N) is 1. The first kappa shape index (κ1) is 22.0. The number of hydrogen-bond donors (Lipinski definition) is 1. The zero-order valence-electron chi connectivity index (χ0n) is 16.8. The molecule has 1 aromatic carbocycles. The molecule has 0 saturated heterocycles. The summed E-state index contributed by atoms with van der Waals surface area (Å²) in [5.74, 6) is -0.352. The van der Waals surface area contributed by atoms with E-state index in [0.29, 0.717) is 0 Å². The van der Waals surface area contributed by atoms with Crippen molar-refractivity contribution in [2.45, 2.75) is 4.90 Å². The Balaban J connectivity index is 1.79. The number of benzene rings is 1. The van der Waals surface area contributed by atoms with Gasteiger partial charge in [0, 0.05) is 18.6 Å². The largest absolute Gasteiger partial charge is 0.450 e. The molecule has 0 amide bonds. The number of aromatic nitrogens is 3. The summed E-state index contributed by atoms with van der Waals surface area (Å²) in [7, 11) is -2.55. The third-order valence-corrected chi connectivity index (χ3v) is 6.66. The van der Waals surface area contributed by atoms with Crippen molar-refractivity contribution in [2.24, 2.45) is 0 Å². The van der Waals surface area contributed by atoms with Crippen LogP contribution in [0.15, 0.2) is 59.9 Å². The van der Waals surface area contributed by atoms with Crippen LogP contribution in [0.4, 0.5) is 11.5 Å². The third-order valence-electron chi connectivity index (χ3n) is 4.62. The predicted octanol–water partition coefficient (Wildman–Crippen LogP) is 3.94. The SMILES string of the molecule is CNc1c([N+](=O)[O-])ncc(Oc2cnc3c(c2)c(C#N)cn3S(=O)(=O)c2ccccc2)c1Cl. The zero-order valence-corrected chi connectivity index (χ0v) is 18.3. The summed E-state index contributed by atoms with van der Waals surface area (Å²) in [5, 5.41) is 23.4. The second-order valence-electron chi connectivity index (χ2n) is 6.55. The van der Waals surface area contributed by atoms with Crippen LogP contribution in [0, 0.1) is 21.4 Å². The second-order valence-corrected chi connectivity index (χ2v) is 8.75. The average Bonchev–Trinajstić information content (AvgIpc) is 3.19. The maximum atomic E-state index is 13.0. The molecule has 0 unspecified atom stereocenters. The normalized spacial score (nSPS) is 11.2. The molecule has 0 radical (unpaired) electrons. The molecule has 33 heavy (non-hydrogen) atoms. The molecule has 0 aliphatic heterocycles. The van der Waals surface area contributed by atoms with E-state index >= 15 is 0 Å². The minimum absolute atomic E-state index is 0.00242. The van der Waals surface area contributed by atoms with Gasteiger partial charge in [-0.3, -0.25) is 0 Å². The van der Waals surface area contributed by atoms with Gasteiger partial charge in [0.15, 0.2) is 23.3 Å². The molecule has 0 aliphatic rings. The summed E-state index contributed by atoms with van der Waals surface area (Å²) in [5.41, 5.74) is 0.0592. The Morgan fingerprint density at radius 3 is 2.61 bits per heavy atom. The number of pyridine rings is 2. The van der Waals surface area contributed by atoms with Gasteiger partial charge in [-0.2, -0.15) is 5.26 Å². The van der Waals surface area contributed by atoms with Crippen LogP contribution < -0.4 is 10.1 Å². The van der Waals surface area contributed by atoms with Gasteiger partial charge in [0.05, 0.1) is 16.7 Å². The van der Waals surface area contributed by atoms with Gasteiger partial charge < -0.3 is 20.2 Å². The highest BCUT2D eigenvalue weighted by Crippen LogP contribution is 2.39. The van der Waals surface area contributed by atoms with Crippen molar-refractivity contribution < 1.29 is 18.1 Å². The van der Waals surface area contributed by atoms with Crippen molar-refractivity contribution in [2.75, 3.05) is 12.4 Å². The first-order valence-electron chi connectivity index (χ1n) is 9.18. The molecule has 11 nitrogen and oxygen atoms in total. The van der Waals surface area contributed by atoms with E-state index in [0.717, 1.165) is 10.2 Å². The van der Waals surface area contributed by atoms with Crippen LogP contribution >= 0.6 is 11.6 Å². The molecular formula is C20H13ClN6O5S. The van der Waals surface area contributed by atoms with Gasteiger partial charge in [-0.25, -0.2) is 17.4 Å². The molecule has 4 aromatic rings. The number of anilines is 1. The number of halogens is 1. The Kier molecular flexibility index (Phi) is 5.59. The summed E-state index contributed by atoms with van der Waals surface area (Å²) < 4.78 is 32.7. The standard InChI is InChI=1S/C20H13ClN6O5S/c1-23-18-17(21)16(10-25-20(18)27(28)29)32-13-7-15-12(8-22)11-26(19(15)24-9-13)33(30,31)14-5-3-2-4-6-14/h2-7,9-11,23H,1H3. The number of hydrogen-bond acceptors (Lipinski definition) is 9. The maximum absolute atomic E-state index is 13.0. The molecule has 3 aromatic heterocycles. The van der Waals surface area contributed by atoms with E-state index in [9.17, 15) is 23.8 Å². The molecule has 0 fully saturated rings. The van der Waals surface area contributed by atoms with Crippen LogP contribution in [-0.2, 0) is 10.0 Å². The van der Waals surface area contributed by atoms with E-state index in [4.69, 9.17) is 16.3 Å². The molecule has 0 saturated carbocycles. The van der Waals surface area contributed by atoms with Gasteiger partial charge in [-0.05, 0) is 28.1 Å². The minimum atomic E-state index is -4.00. The van der Waals surface area contributed by atoms with E-state index in [2.05, 4.69) is 15.3 Å². The molecular weight excluding hydrogens is 472 g/mol. The zero-order chi connectivity index (χ0) is 23.8. The highest BCUT2D eigenvalue weighted by atomic mass is 35.5. The monoisotopic (exact) mass is 484 g/mol. The van der Waals surface area contributed by atoms with Gasteiger partial charge in [-0.1, -0.05) is 29.8 Å². The van der Waals surface area contributed by atoms with Crippen LogP contribution in [0.5, 0.6) is 11.5 Å². The number of nitriles is 1. The molecule has 0 atom stereocenters. The Hall–Kier alpha value is -4.21. The number of nitrogens with zero attached hydrogens (tertiary/aromatic N) is 5. The molecule has 3 heterocycles. The van der Waals surface area contributed by atoms with Gasteiger partial charge in [-0.15, -0.1) is 0 Å². The molecule has 0 spiro atoms. The molecule has 0 aliphatic carbocycles. The molecule has 0 bridgehead atoms. The Bertz CT molecular complexity index is 1550. The number of ether oxygens (including phenoxy) is 1. The van der Waals surface area contributed by atoms with E-state index < -0.39 is 20.8 Å². The highest BCUT2D eigenvalue weighted by Gasteiger charge is 2.25. The topological polar surface area (TPSA) is 153 Å². The van der Waals surface area contributed by atoms with Crippen LogP contribution in [-0.4, -0.2) is 34.3 Å². The van der Waals surface area contributed by atoms with Crippen LogP contribution in [0.3, 0.4) is 0 Å². The lowest BCUT2D eigenvalue weighted by molar-refractivity contribution is -0.388. The fourth-order valence-corrected chi connectivity index (χ4v) is 4.73. The second kappa shape index (κ2) is 8.38. The van der Waals surface area contributed by atoms with E-state index in [1.54, 1.807) is 18.2 Å². The Morgan fingerprint density at radius 1 is 1.24 bits per heavy atom. The summed E-state index contributed by atoms with van der Waals surface area (Å²) in [6.45, 7) is 0. The number of fused-ring (bicyclic) bond motifs is 1. The van der Waals surface area contributed by atoms with Crippen molar-refractivity contribution in [3.05, 3.63) is 75.7 Å². The van der Waals surface area contributed by atoms with Gasteiger partial charge in [0.1, 0.15) is 16.8 Å². The predicted molar refractivity (Wildman–Crippen MR) is 119 cm³/mol. The quantitative estimate of drug-likeness (QED) is 0.316. The molecule has 13 heteroatoms. The summed E-state index contributed by atoms with van der Waals surface area (Å²) >= 11 is 6.23. The fraction of sp³-hybridized carbons (Fsp3) is 0.0500. The van der Waals surface area contributed by atoms with Crippen LogP contribution in [0.25, 0.3) is 11.0 Å². The van der Waals surface area contributed by atoms with Gasteiger partial charge >= 0.3 is 5.82 Å². The fourth-order valence-electron chi connectivity index (χ4n) is 3.11. The first-order valence-corrected chi connectivity index (χ1v) is 11.0. The van der Waals surface area contributed by atoms with Crippen molar-refractivity contribution in [1.29, 1.82) is 5.26 Å². The lowest BCUT2D eigenvalue weighted by Crippen LogP contribution is -2.12. The lowest BCUT2D eigenvalue weighted by Gasteiger charge is -2.10. The summed E-state index contributed by atoms with van der Waals surface area (Å²) in [6, 6.07) is 11.1. The Labute approximate surface area is 192 Å². The van der Waals surface area contributed by atoms with Crippen molar-refractivity contribution in [3.8, 4) is 17.6 Å². The van der Waals surface area contributed by atoms with E-state index in [1.165, 1.54) is 37.6 Å². The Morgan fingerprint density at radius 2 is 1.97 bits per heavy atom. The third kappa shape index (κ3) is 3.79. The maximum Gasteiger partial charge on any atom is 0.388 e. The number of rotatable bonds is 6. The van der Waals surface area contributed by atoms with Crippen molar-refractivity contribution in [3.63, 3.8) is 0 Å². The summed E-state index contributed by atoms with van der Waals surface area (Å²) in [4.78, 5) is 18.4. The van der Waals surface area contributed by atoms with Crippen LogP contribution in [0.2, 0.25) is 5.02 Å². The summed E-state index contributed by atoms with van der Waals surface area (Å²) in [6.07, 6.45) is 3.52. The van der Waals surface area contributed by atoms with E-state index in [1.807, 2.05) is 6.07 Å². The smallest absolute Gasteiger partial charge is 0.388 e. The first-order chi connectivity index (χ1) is 15.8. The molecule has 166 valence electrons. The van der Waals surface area contributed by atoms with Gasteiger partial charge in [0.2, 0.25) is 0 Å². The van der Waals surface area contributed by atoms with Crippen molar-refractivity contribution in [1.82, 2.24) is 13.9 Å².